The summed E-state index contributed by atoms with van der Waals surface area (Å²) in [4.78, 5) is 2.12. The van der Waals surface area contributed by atoms with Gasteiger partial charge in [-0.25, -0.2) is 0 Å². The Kier molecular flexibility index (Phi) is 7.37. The molecule has 0 radical (unpaired) electrons. The Balaban J connectivity index is 2.56. The predicted molar refractivity (Wildman–Crippen MR) is 89.4 cm³/mol. The van der Waals surface area contributed by atoms with Crippen molar-refractivity contribution in [3.63, 3.8) is 0 Å². The molecule has 0 heterocycles. The van der Waals surface area contributed by atoms with Gasteiger partial charge in [0.1, 0.15) is 5.75 Å². The van der Waals surface area contributed by atoms with E-state index in [2.05, 4.69) is 30.1 Å². The van der Waals surface area contributed by atoms with Crippen LogP contribution < -0.4 is 10.1 Å². The van der Waals surface area contributed by atoms with Crippen LogP contribution in [0.25, 0.3) is 0 Å². The Morgan fingerprint density at radius 3 is 2.75 bits per heavy atom. The Morgan fingerprint density at radius 2 is 2.10 bits per heavy atom. The molecule has 0 amide bonds. The zero-order valence-electron chi connectivity index (χ0n) is 13.0. The van der Waals surface area contributed by atoms with Crippen LogP contribution in [-0.2, 0) is 6.42 Å². The fourth-order valence-corrected chi connectivity index (χ4v) is 2.31. The third kappa shape index (κ3) is 5.00. The minimum Gasteiger partial charge on any atom is -0.496 e. The third-order valence-corrected chi connectivity index (χ3v) is 3.93. The maximum Gasteiger partial charge on any atom is 0.168 e. The Morgan fingerprint density at radius 1 is 1.40 bits per heavy atom. The lowest BCUT2D eigenvalue weighted by atomic mass is 10.1. The number of hydrogen-bond donors (Lipinski definition) is 1. The third-order valence-electron chi connectivity index (χ3n) is 3.50. The van der Waals surface area contributed by atoms with Crippen LogP contribution in [0.15, 0.2) is 24.3 Å². The number of hydrogen-bond acceptors (Lipinski definition) is 2. The summed E-state index contributed by atoms with van der Waals surface area (Å²) in [5.41, 5.74) is 1.21. The first-order valence-corrected chi connectivity index (χ1v) is 7.63. The summed E-state index contributed by atoms with van der Waals surface area (Å²) in [6.45, 7) is 5.31. The molecule has 1 aromatic rings. The molecule has 0 aliphatic heterocycles. The molecule has 0 aliphatic carbocycles. The van der Waals surface area contributed by atoms with Crippen LogP contribution in [0.5, 0.6) is 5.75 Å². The Hall–Kier alpha value is -1.29. The highest BCUT2D eigenvalue weighted by Crippen LogP contribution is 2.20. The van der Waals surface area contributed by atoms with Crippen LogP contribution in [0.4, 0.5) is 0 Å². The summed E-state index contributed by atoms with van der Waals surface area (Å²) in [7, 11) is 3.76. The molecule has 1 aromatic carbocycles. The zero-order valence-corrected chi connectivity index (χ0v) is 13.8. The first-order chi connectivity index (χ1) is 9.60. The monoisotopic (exact) mass is 294 g/mol. The van der Waals surface area contributed by atoms with E-state index in [1.54, 1.807) is 7.11 Å². The van der Waals surface area contributed by atoms with Crippen molar-refractivity contribution in [2.24, 2.45) is 0 Å². The fourth-order valence-electron chi connectivity index (χ4n) is 2.02. The van der Waals surface area contributed by atoms with Crippen molar-refractivity contribution in [1.29, 1.82) is 0 Å². The largest absolute Gasteiger partial charge is 0.496 e. The molecule has 4 heteroatoms. The van der Waals surface area contributed by atoms with Crippen LogP contribution >= 0.6 is 12.2 Å². The lowest BCUT2D eigenvalue weighted by Crippen LogP contribution is -2.43. The number of thiocarbonyl (C=S) groups is 1. The van der Waals surface area contributed by atoms with Gasteiger partial charge in [0.2, 0.25) is 0 Å². The lowest BCUT2D eigenvalue weighted by molar-refractivity contribution is 0.369. The van der Waals surface area contributed by atoms with E-state index in [0.717, 1.165) is 30.2 Å². The Labute approximate surface area is 128 Å². The fraction of sp³-hybridized carbons (Fsp3) is 0.562. The molecule has 0 saturated heterocycles. The van der Waals surface area contributed by atoms with Crippen LogP contribution in [-0.4, -0.2) is 36.8 Å². The smallest absolute Gasteiger partial charge is 0.168 e. The molecule has 1 atom stereocenters. The second-order valence-electron chi connectivity index (χ2n) is 5.06. The molecular weight excluding hydrogens is 268 g/mol. The van der Waals surface area contributed by atoms with Crippen molar-refractivity contribution in [2.75, 3.05) is 20.7 Å². The number of nitrogens with one attached hydrogen (secondary N) is 1. The number of benzene rings is 1. The summed E-state index contributed by atoms with van der Waals surface area (Å²) in [6, 6.07) is 8.47. The van der Waals surface area contributed by atoms with Gasteiger partial charge in [0, 0.05) is 19.6 Å². The van der Waals surface area contributed by atoms with Gasteiger partial charge in [-0.05, 0) is 43.6 Å². The molecule has 0 aromatic heterocycles. The van der Waals surface area contributed by atoms with Gasteiger partial charge >= 0.3 is 0 Å². The van der Waals surface area contributed by atoms with Gasteiger partial charge in [-0.2, -0.15) is 0 Å². The second kappa shape index (κ2) is 8.80. The molecular formula is C16H26N2OS. The van der Waals surface area contributed by atoms with Gasteiger partial charge in [0.25, 0.3) is 0 Å². The van der Waals surface area contributed by atoms with Gasteiger partial charge in [-0.15, -0.1) is 0 Å². The highest BCUT2D eigenvalue weighted by Gasteiger charge is 2.14. The average Bonchev–Trinajstić information content (AvgIpc) is 2.47. The minimum atomic E-state index is 0.327. The number of ether oxygens (including phenoxy) is 1. The molecule has 0 fully saturated rings. The van der Waals surface area contributed by atoms with Gasteiger partial charge in [-0.3, -0.25) is 0 Å². The van der Waals surface area contributed by atoms with Crippen LogP contribution in [0.2, 0.25) is 0 Å². The topological polar surface area (TPSA) is 24.5 Å². The summed E-state index contributed by atoms with van der Waals surface area (Å²) in [6.07, 6.45) is 3.24. The molecule has 1 N–H and O–H groups in total. The van der Waals surface area contributed by atoms with Crippen molar-refractivity contribution < 1.29 is 4.74 Å². The maximum atomic E-state index is 5.43. The van der Waals surface area contributed by atoms with Gasteiger partial charge in [-0.1, -0.05) is 31.5 Å². The van der Waals surface area contributed by atoms with E-state index >= 15 is 0 Å². The SMILES string of the molecule is CCCCNC(=S)N(C)C(C)Cc1ccccc1OC. The van der Waals surface area contributed by atoms with Crippen molar-refractivity contribution >= 4 is 17.3 Å². The van der Waals surface area contributed by atoms with Gasteiger partial charge in [0.05, 0.1) is 7.11 Å². The van der Waals surface area contributed by atoms with Crippen LogP contribution in [0.3, 0.4) is 0 Å². The van der Waals surface area contributed by atoms with Crippen LogP contribution in [0.1, 0.15) is 32.3 Å². The van der Waals surface area contributed by atoms with E-state index in [1.165, 1.54) is 12.0 Å². The van der Waals surface area contributed by atoms with Crippen LogP contribution in [0, 0.1) is 0 Å². The van der Waals surface area contributed by atoms with E-state index in [0.29, 0.717) is 6.04 Å². The van der Waals surface area contributed by atoms with Crippen molar-refractivity contribution in [2.45, 2.75) is 39.2 Å². The molecule has 0 aliphatic rings. The van der Waals surface area contributed by atoms with E-state index in [9.17, 15) is 0 Å². The number of rotatable bonds is 7. The lowest BCUT2D eigenvalue weighted by Gasteiger charge is -2.28. The minimum absolute atomic E-state index is 0.327. The quantitative estimate of drug-likeness (QED) is 0.616. The number of methoxy groups -OCH3 is 1. The van der Waals surface area contributed by atoms with E-state index in [1.807, 2.05) is 25.2 Å². The highest BCUT2D eigenvalue weighted by atomic mass is 32.1. The molecule has 1 rings (SSSR count). The average molecular weight is 294 g/mol. The normalized spacial score (nSPS) is 11.8. The molecule has 0 saturated carbocycles. The zero-order chi connectivity index (χ0) is 15.0. The number of likely N-dealkylation sites (N-methyl/N-ethyl adjacent to an activating group) is 1. The van der Waals surface area contributed by atoms with Gasteiger partial charge in [0.15, 0.2) is 5.11 Å². The standard InChI is InChI=1S/C16H26N2OS/c1-5-6-11-17-16(20)18(3)13(2)12-14-9-7-8-10-15(14)19-4/h7-10,13H,5-6,11-12H2,1-4H3,(H,17,20). The maximum absolute atomic E-state index is 5.43. The predicted octanol–water partition coefficient (Wildman–Crippen LogP) is 3.23. The number of nitrogens with zero attached hydrogens (tertiary/aromatic N) is 1. The second-order valence-corrected chi connectivity index (χ2v) is 5.45. The first kappa shape index (κ1) is 16.8. The molecule has 0 bridgehead atoms. The Bertz CT molecular complexity index is 423. The molecule has 20 heavy (non-hydrogen) atoms. The number of unbranched alkanes of at least 4 members (excludes halogenated alkanes) is 1. The molecule has 3 nitrogen and oxygen atoms in total. The summed E-state index contributed by atoms with van der Waals surface area (Å²) in [5, 5.41) is 4.12. The molecule has 112 valence electrons. The summed E-state index contributed by atoms with van der Waals surface area (Å²) < 4.78 is 5.40. The van der Waals surface area contributed by atoms with Crippen molar-refractivity contribution in [1.82, 2.24) is 10.2 Å². The van der Waals surface area contributed by atoms with E-state index in [-0.39, 0.29) is 0 Å². The molecule has 1 unspecified atom stereocenters. The summed E-state index contributed by atoms with van der Waals surface area (Å²) >= 11 is 5.43. The van der Waals surface area contributed by atoms with Crippen molar-refractivity contribution in [3.8, 4) is 5.75 Å². The molecule has 0 spiro atoms. The van der Waals surface area contributed by atoms with Gasteiger partial charge < -0.3 is 15.0 Å². The van der Waals surface area contributed by atoms with Crippen molar-refractivity contribution in [3.05, 3.63) is 29.8 Å². The highest BCUT2D eigenvalue weighted by molar-refractivity contribution is 7.80. The number of para-hydroxylation sites is 1. The van der Waals surface area contributed by atoms with E-state index < -0.39 is 0 Å². The van der Waals surface area contributed by atoms with E-state index in [4.69, 9.17) is 17.0 Å². The summed E-state index contributed by atoms with van der Waals surface area (Å²) in [5.74, 6) is 0.942. The first-order valence-electron chi connectivity index (χ1n) is 7.22.